The normalized spacial score (nSPS) is 13.5. The van der Waals surface area contributed by atoms with Crippen LogP contribution in [-0.2, 0) is 9.59 Å². The van der Waals surface area contributed by atoms with Gasteiger partial charge in [-0.1, -0.05) is 168 Å². The summed E-state index contributed by atoms with van der Waals surface area (Å²) in [6.07, 6.45) is 54.7. The van der Waals surface area contributed by atoms with E-state index < -0.39 is 0 Å². The summed E-state index contributed by atoms with van der Waals surface area (Å²) in [5.74, 6) is 0.830. The molecule has 0 aromatic heterocycles. The monoisotopic (exact) mass is 1170 g/mol. The van der Waals surface area contributed by atoms with Crippen LogP contribution in [0.1, 0.15) is 265 Å². The fourth-order valence-electron chi connectivity index (χ4n) is 11.0. The van der Waals surface area contributed by atoms with Gasteiger partial charge in [-0.25, -0.2) is 0 Å². The fraction of sp³-hybridized carbons (Fsp3) is 0.913. The highest BCUT2D eigenvalue weighted by Crippen LogP contribution is 2.15. The Morgan fingerprint density at radius 1 is 0.361 bits per heavy atom. The number of allylic oxidation sites excluding steroid dienone is 4. The zero-order valence-electron chi connectivity index (χ0n) is 55.5. The second-order valence-corrected chi connectivity index (χ2v) is 24.9. The molecule has 0 aromatic rings. The predicted octanol–water partition coefficient (Wildman–Crippen LogP) is 11.6. The SMILES string of the molecule is CCCCCCCCC=CCCCCCCCCN(CCN(CCCCCCCCC=CCCCCCCCC)CC(C)CNC(=O)C(CCCNCCCCN)NCCCN)CC(C)CNC(=O)C(CCCNCCCN)NCCCN. The van der Waals surface area contributed by atoms with Gasteiger partial charge in [0.15, 0.2) is 0 Å². The van der Waals surface area contributed by atoms with E-state index in [2.05, 4.69) is 93.7 Å². The summed E-state index contributed by atoms with van der Waals surface area (Å²) in [5.41, 5.74) is 23.1. The van der Waals surface area contributed by atoms with Gasteiger partial charge in [-0.05, 0) is 212 Å². The van der Waals surface area contributed by atoms with Crippen molar-refractivity contribution >= 4 is 11.8 Å². The third-order valence-electron chi connectivity index (χ3n) is 16.3. The van der Waals surface area contributed by atoms with Crippen LogP contribution >= 0.6 is 0 Å². The lowest BCUT2D eigenvalue weighted by molar-refractivity contribution is -0.124. The molecule has 83 heavy (non-hydrogen) atoms. The number of nitrogens with one attached hydrogen (secondary N) is 6. The molecule has 14 nitrogen and oxygen atoms in total. The van der Waals surface area contributed by atoms with Crippen molar-refractivity contribution in [1.82, 2.24) is 41.7 Å². The zero-order valence-corrected chi connectivity index (χ0v) is 55.5. The quantitative estimate of drug-likeness (QED) is 0.0203. The summed E-state index contributed by atoms with van der Waals surface area (Å²) in [6, 6.07) is -0.437. The van der Waals surface area contributed by atoms with Crippen molar-refractivity contribution in [3.05, 3.63) is 24.3 Å². The van der Waals surface area contributed by atoms with Crippen molar-refractivity contribution in [3.63, 3.8) is 0 Å². The van der Waals surface area contributed by atoms with E-state index in [1.165, 1.54) is 180 Å². The minimum atomic E-state index is -0.221. The predicted molar refractivity (Wildman–Crippen MR) is 363 cm³/mol. The average molecular weight is 1170 g/mol. The van der Waals surface area contributed by atoms with E-state index in [0.717, 1.165) is 143 Å². The van der Waals surface area contributed by atoms with Crippen LogP contribution in [-0.4, -0.2) is 152 Å². The zero-order chi connectivity index (χ0) is 60.6. The first kappa shape index (κ1) is 81.0. The number of amides is 2. The van der Waals surface area contributed by atoms with Crippen LogP contribution < -0.4 is 54.8 Å². The Kier molecular flexibility index (Phi) is 64.4. The maximum Gasteiger partial charge on any atom is 0.237 e. The Morgan fingerprint density at radius 2 is 0.675 bits per heavy atom. The maximum atomic E-state index is 13.8. The van der Waals surface area contributed by atoms with Gasteiger partial charge in [-0.2, -0.15) is 0 Å². The summed E-state index contributed by atoms with van der Waals surface area (Å²) in [4.78, 5) is 32.9. The molecule has 4 atom stereocenters. The summed E-state index contributed by atoms with van der Waals surface area (Å²) >= 11 is 0. The Balaban J connectivity index is 5.84. The highest BCUT2D eigenvalue weighted by molar-refractivity contribution is 5.82. The van der Waals surface area contributed by atoms with E-state index >= 15 is 0 Å². The minimum Gasteiger partial charge on any atom is -0.354 e. The minimum absolute atomic E-state index is 0.0993. The first-order chi connectivity index (χ1) is 40.8. The number of carbonyl (C=O) groups is 2. The summed E-state index contributed by atoms with van der Waals surface area (Å²) in [7, 11) is 0. The second kappa shape index (κ2) is 66.0. The topological polar surface area (TPSA) is 217 Å². The summed E-state index contributed by atoms with van der Waals surface area (Å²) in [5, 5.41) is 20.8. The van der Waals surface area contributed by atoms with Crippen LogP contribution in [0.5, 0.6) is 0 Å². The van der Waals surface area contributed by atoms with Crippen LogP contribution in [0, 0.1) is 11.8 Å². The fourth-order valence-corrected chi connectivity index (χ4v) is 11.0. The van der Waals surface area contributed by atoms with Gasteiger partial charge in [-0.3, -0.25) is 9.59 Å². The van der Waals surface area contributed by atoms with Crippen molar-refractivity contribution in [3.8, 4) is 0 Å². The van der Waals surface area contributed by atoms with Gasteiger partial charge in [0.1, 0.15) is 0 Å². The average Bonchev–Trinajstić information content (AvgIpc) is 3.52. The number of hydrogen-bond donors (Lipinski definition) is 10. The van der Waals surface area contributed by atoms with Crippen molar-refractivity contribution < 1.29 is 9.59 Å². The molecule has 0 spiro atoms. The first-order valence-electron chi connectivity index (χ1n) is 35.7. The van der Waals surface area contributed by atoms with Crippen molar-refractivity contribution in [1.29, 1.82) is 0 Å². The highest BCUT2D eigenvalue weighted by atomic mass is 16.2. The lowest BCUT2D eigenvalue weighted by atomic mass is 10.1. The van der Waals surface area contributed by atoms with Gasteiger partial charge in [0, 0.05) is 39.3 Å². The van der Waals surface area contributed by atoms with E-state index in [-0.39, 0.29) is 23.9 Å². The molecule has 0 heterocycles. The van der Waals surface area contributed by atoms with E-state index in [9.17, 15) is 9.59 Å². The standard InChI is InChI=1S/C69H144N12O2/c1-5-7-9-11-13-15-17-19-21-23-25-27-29-31-33-37-56-80(62-64(3)60-78-68(82)66(76-54-42-48-72)44-39-51-74-50-36-35-46-70)58-59-81(57-38-34-32-30-28-26-24-22-20-18-16-14-12-10-8-6-2)63-65(4)61-79-69(83)67(77-55-43-49-73)45-40-52-75-53-41-47-71/h19-22,64-67,74-77H,5-18,23-63,70-73H2,1-4H3,(H,78,82)(H,79,83). The smallest absolute Gasteiger partial charge is 0.237 e. The first-order valence-corrected chi connectivity index (χ1v) is 35.7. The van der Waals surface area contributed by atoms with Crippen LogP contribution in [0.15, 0.2) is 24.3 Å². The van der Waals surface area contributed by atoms with Gasteiger partial charge in [0.05, 0.1) is 12.1 Å². The van der Waals surface area contributed by atoms with Crippen LogP contribution in [0.2, 0.25) is 0 Å². The molecule has 4 unspecified atom stereocenters. The number of nitrogens with two attached hydrogens (primary N) is 4. The number of nitrogens with zero attached hydrogens (tertiary/aromatic N) is 2. The van der Waals surface area contributed by atoms with Crippen LogP contribution in [0.3, 0.4) is 0 Å². The van der Waals surface area contributed by atoms with Crippen molar-refractivity contribution in [2.24, 2.45) is 34.8 Å². The van der Waals surface area contributed by atoms with E-state index in [1.807, 2.05) is 0 Å². The molecule has 0 aliphatic carbocycles. The molecule has 2 amide bonds. The Morgan fingerprint density at radius 3 is 1.04 bits per heavy atom. The molecular formula is C69H144N12O2. The number of unbranched alkanes of at least 4 members (excludes halogenated alkanes) is 25. The molecule has 0 aliphatic rings. The molecule has 14 heteroatoms. The number of rotatable bonds is 68. The molecular weight excluding hydrogens is 1030 g/mol. The third-order valence-corrected chi connectivity index (χ3v) is 16.3. The Labute approximate surface area is 515 Å². The molecule has 0 bridgehead atoms. The molecule has 0 saturated carbocycles. The number of carbonyl (C=O) groups excluding carboxylic acids is 2. The molecule has 0 aliphatic heterocycles. The van der Waals surface area contributed by atoms with Gasteiger partial charge in [0.2, 0.25) is 11.8 Å². The van der Waals surface area contributed by atoms with Gasteiger partial charge >= 0.3 is 0 Å². The molecule has 492 valence electrons. The van der Waals surface area contributed by atoms with Crippen molar-refractivity contribution in [2.75, 3.05) is 118 Å². The van der Waals surface area contributed by atoms with Crippen molar-refractivity contribution in [2.45, 2.75) is 277 Å². The van der Waals surface area contributed by atoms with E-state index in [4.69, 9.17) is 22.9 Å². The van der Waals surface area contributed by atoms with Gasteiger partial charge < -0.3 is 64.6 Å². The Hall–Kier alpha value is -1.98. The Bertz CT molecular complexity index is 1390. The molecule has 14 N–H and O–H groups in total. The third kappa shape index (κ3) is 57.5. The van der Waals surface area contributed by atoms with E-state index in [0.29, 0.717) is 44.6 Å². The van der Waals surface area contributed by atoms with Gasteiger partial charge in [0.25, 0.3) is 0 Å². The largest absolute Gasteiger partial charge is 0.354 e. The van der Waals surface area contributed by atoms with E-state index in [1.54, 1.807) is 0 Å². The maximum absolute atomic E-state index is 13.8. The van der Waals surface area contributed by atoms with Crippen LogP contribution in [0.25, 0.3) is 0 Å². The highest BCUT2D eigenvalue weighted by Gasteiger charge is 2.21. The molecule has 0 saturated heterocycles. The molecule has 0 radical (unpaired) electrons. The lowest BCUT2D eigenvalue weighted by Gasteiger charge is -2.31. The summed E-state index contributed by atoms with van der Waals surface area (Å²) in [6.45, 7) is 24.4. The summed E-state index contributed by atoms with van der Waals surface area (Å²) < 4.78 is 0. The molecule has 0 rings (SSSR count). The lowest BCUT2D eigenvalue weighted by Crippen LogP contribution is -2.48. The second-order valence-electron chi connectivity index (χ2n) is 24.9. The number of hydrogen-bond acceptors (Lipinski definition) is 12. The molecule has 0 fully saturated rings. The van der Waals surface area contributed by atoms with Crippen LogP contribution in [0.4, 0.5) is 0 Å². The molecule has 0 aromatic carbocycles. The van der Waals surface area contributed by atoms with Gasteiger partial charge in [-0.15, -0.1) is 0 Å².